The Morgan fingerprint density at radius 3 is 3.12 bits per heavy atom. The SMILES string of the molecule is O=C(C1CCN(c2ncc(Cl)cc2F)C1)N1CCc2sccc2C1. The first-order valence-corrected chi connectivity index (χ1v) is 9.27. The molecule has 4 nitrogen and oxygen atoms in total. The van der Waals surface area contributed by atoms with Crippen molar-refractivity contribution in [1.29, 1.82) is 0 Å². The summed E-state index contributed by atoms with van der Waals surface area (Å²) in [6.45, 7) is 2.62. The molecule has 1 amide bonds. The average Bonchev–Trinajstić information content (AvgIpc) is 3.22. The second-order valence-corrected chi connectivity index (χ2v) is 7.71. The summed E-state index contributed by atoms with van der Waals surface area (Å²) in [5.74, 6) is -0.0734. The van der Waals surface area contributed by atoms with Crippen LogP contribution >= 0.6 is 22.9 Å². The lowest BCUT2D eigenvalue weighted by Gasteiger charge is -2.29. The fourth-order valence-electron chi connectivity index (χ4n) is 3.49. The van der Waals surface area contributed by atoms with Gasteiger partial charge in [-0.2, -0.15) is 0 Å². The zero-order chi connectivity index (χ0) is 16.7. The first-order valence-electron chi connectivity index (χ1n) is 8.02. The van der Waals surface area contributed by atoms with Crippen LogP contribution in [0.1, 0.15) is 16.9 Å². The van der Waals surface area contributed by atoms with E-state index in [-0.39, 0.29) is 22.7 Å². The Labute approximate surface area is 148 Å². The van der Waals surface area contributed by atoms with Crippen molar-refractivity contribution in [3.63, 3.8) is 0 Å². The number of aromatic nitrogens is 1. The van der Waals surface area contributed by atoms with E-state index in [1.165, 1.54) is 22.7 Å². The Bertz CT molecular complexity index is 781. The molecule has 0 spiro atoms. The number of halogens is 2. The summed E-state index contributed by atoms with van der Waals surface area (Å²) in [7, 11) is 0. The molecule has 24 heavy (non-hydrogen) atoms. The molecule has 4 rings (SSSR count). The highest BCUT2D eigenvalue weighted by Crippen LogP contribution is 2.29. The molecule has 0 aliphatic carbocycles. The minimum atomic E-state index is -0.434. The van der Waals surface area contributed by atoms with Crippen molar-refractivity contribution >= 4 is 34.7 Å². The molecule has 0 aromatic carbocycles. The first-order chi connectivity index (χ1) is 11.6. The third kappa shape index (κ3) is 2.89. The van der Waals surface area contributed by atoms with Crippen molar-refractivity contribution in [2.24, 2.45) is 5.92 Å². The summed E-state index contributed by atoms with van der Waals surface area (Å²) in [5.41, 5.74) is 1.26. The third-order valence-electron chi connectivity index (χ3n) is 4.74. The molecule has 0 saturated carbocycles. The number of fused-ring (bicyclic) bond motifs is 1. The van der Waals surface area contributed by atoms with Crippen LogP contribution < -0.4 is 4.90 Å². The van der Waals surface area contributed by atoms with E-state index in [0.717, 1.165) is 19.4 Å². The Hall–Kier alpha value is -1.66. The van der Waals surface area contributed by atoms with E-state index in [1.54, 1.807) is 11.3 Å². The van der Waals surface area contributed by atoms with E-state index in [1.807, 2.05) is 9.80 Å². The van der Waals surface area contributed by atoms with Crippen LogP contribution in [0.4, 0.5) is 10.2 Å². The number of rotatable bonds is 2. The van der Waals surface area contributed by atoms with Crippen LogP contribution in [0.25, 0.3) is 0 Å². The molecule has 2 aromatic rings. The van der Waals surface area contributed by atoms with Crippen LogP contribution in [0.3, 0.4) is 0 Å². The highest BCUT2D eigenvalue weighted by Gasteiger charge is 2.34. The normalized spacial score (nSPS) is 20.3. The maximum Gasteiger partial charge on any atom is 0.227 e. The van der Waals surface area contributed by atoms with E-state index >= 15 is 0 Å². The van der Waals surface area contributed by atoms with Gasteiger partial charge in [0.15, 0.2) is 11.6 Å². The lowest BCUT2D eigenvalue weighted by Crippen LogP contribution is -2.40. The van der Waals surface area contributed by atoms with Crippen molar-refractivity contribution in [3.8, 4) is 0 Å². The summed E-state index contributed by atoms with van der Waals surface area (Å²) < 4.78 is 14.0. The maximum absolute atomic E-state index is 14.0. The van der Waals surface area contributed by atoms with Crippen LogP contribution in [0.15, 0.2) is 23.7 Å². The fourth-order valence-corrected chi connectivity index (χ4v) is 4.52. The zero-order valence-corrected chi connectivity index (χ0v) is 14.6. The van der Waals surface area contributed by atoms with Gasteiger partial charge in [0.2, 0.25) is 5.91 Å². The van der Waals surface area contributed by atoms with Crippen molar-refractivity contribution < 1.29 is 9.18 Å². The molecule has 2 aliphatic rings. The predicted octanol–water partition coefficient (Wildman–Crippen LogP) is 3.35. The van der Waals surface area contributed by atoms with Gasteiger partial charge in [0.25, 0.3) is 0 Å². The number of carbonyl (C=O) groups is 1. The van der Waals surface area contributed by atoms with Gasteiger partial charge < -0.3 is 9.80 Å². The largest absolute Gasteiger partial charge is 0.353 e. The van der Waals surface area contributed by atoms with E-state index in [4.69, 9.17) is 11.6 Å². The summed E-state index contributed by atoms with van der Waals surface area (Å²) in [5, 5.41) is 2.37. The second kappa shape index (κ2) is 6.33. The third-order valence-corrected chi connectivity index (χ3v) is 5.97. The highest BCUT2D eigenvalue weighted by molar-refractivity contribution is 7.10. The molecule has 2 aromatic heterocycles. The molecule has 4 heterocycles. The van der Waals surface area contributed by atoms with Gasteiger partial charge in [-0.3, -0.25) is 4.79 Å². The average molecular weight is 366 g/mol. The van der Waals surface area contributed by atoms with E-state index in [0.29, 0.717) is 19.6 Å². The smallest absolute Gasteiger partial charge is 0.227 e. The van der Waals surface area contributed by atoms with Gasteiger partial charge in [-0.25, -0.2) is 9.37 Å². The Morgan fingerprint density at radius 2 is 2.29 bits per heavy atom. The summed E-state index contributed by atoms with van der Waals surface area (Å²) in [6, 6.07) is 3.37. The molecule has 7 heteroatoms. The standard InChI is InChI=1S/C17H17ClFN3OS/c18-13-7-14(19)16(20-8-13)21-4-1-12(10-21)17(23)22-5-2-15-11(9-22)3-6-24-15/h3,6-8,12H,1-2,4-5,9-10H2. The first kappa shape index (κ1) is 15.8. The molecule has 0 N–H and O–H groups in total. The van der Waals surface area contributed by atoms with Crippen LogP contribution in [0.2, 0.25) is 5.02 Å². The number of anilines is 1. The van der Waals surface area contributed by atoms with Crippen molar-refractivity contribution in [2.45, 2.75) is 19.4 Å². The van der Waals surface area contributed by atoms with Gasteiger partial charge >= 0.3 is 0 Å². The van der Waals surface area contributed by atoms with Crippen LogP contribution in [0, 0.1) is 11.7 Å². The number of pyridine rings is 1. The number of thiophene rings is 1. The molecule has 1 saturated heterocycles. The van der Waals surface area contributed by atoms with Crippen molar-refractivity contribution in [1.82, 2.24) is 9.88 Å². The lowest BCUT2D eigenvalue weighted by molar-refractivity contribution is -0.135. The molecular formula is C17H17ClFN3OS. The number of hydrogen-bond acceptors (Lipinski definition) is 4. The summed E-state index contributed by atoms with van der Waals surface area (Å²) >= 11 is 7.52. The minimum absolute atomic E-state index is 0.0953. The number of amides is 1. The predicted molar refractivity (Wildman–Crippen MR) is 93.0 cm³/mol. The van der Waals surface area contributed by atoms with Crippen LogP contribution in [-0.4, -0.2) is 35.4 Å². The van der Waals surface area contributed by atoms with Crippen LogP contribution in [0.5, 0.6) is 0 Å². The Kier molecular flexibility index (Phi) is 4.18. The van der Waals surface area contributed by atoms with Gasteiger partial charge in [-0.05, 0) is 35.9 Å². The van der Waals surface area contributed by atoms with Crippen molar-refractivity contribution in [2.75, 3.05) is 24.5 Å². The fraction of sp³-hybridized carbons (Fsp3) is 0.412. The number of carbonyl (C=O) groups excluding carboxylic acids is 1. The van der Waals surface area contributed by atoms with Gasteiger partial charge in [0, 0.05) is 37.3 Å². The highest BCUT2D eigenvalue weighted by atomic mass is 35.5. The molecule has 2 aliphatic heterocycles. The molecule has 1 atom stereocenters. The molecular weight excluding hydrogens is 349 g/mol. The van der Waals surface area contributed by atoms with Crippen LogP contribution in [-0.2, 0) is 17.8 Å². The summed E-state index contributed by atoms with van der Waals surface area (Å²) in [6.07, 6.45) is 3.11. The van der Waals surface area contributed by atoms with E-state index in [2.05, 4.69) is 16.4 Å². The van der Waals surface area contributed by atoms with Gasteiger partial charge in [-0.15, -0.1) is 11.3 Å². The molecule has 0 bridgehead atoms. The van der Waals surface area contributed by atoms with Crippen molar-refractivity contribution in [3.05, 3.63) is 45.0 Å². The second-order valence-electron chi connectivity index (χ2n) is 6.27. The molecule has 0 radical (unpaired) electrons. The zero-order valence-electron chi connectivity index (χ0n) is 13.0. The molecule has 126 valence electrons. The quantitative estimate of drug-likeness (QED) is 0.819. The monoisotopic (exact) mass is 365 g/mol. The maximum atomic E-state index is 14.0. The number of hydrogen-bond donors (Lipinski definition) is 0. The van der Waals surface area contributed by atoms with E-state index < -0.39 is 5.82 Å². The number of nitrogens with zero attached hydrogens (tertiary/aromatic N) is 3. The Balaban J connectivity index is 1.44. The Morgan fingerprint density at radius 1 is 1.42 bits per heavy atom. The molecule has 1 fully saturated rings. The van der Waals surface area contributed by atoms with Gasteiger partial charge in [0.05, 0.1) is 10.9 Å². The minimum Gasteiger partial charge on any atom is -0.353 e. The molecule has 1 unspecified atom stereocenters. The van der Waals surface area contributed by atoms with E-state index in [9.17, 15) is 9.18 Å². The topological polar surface area (TPSA) is 36.4 Å². The van der Waals surface area contributed by atoms with Gasteiger partial charge in [0.1, 0.15) is 0 Å². The summed E-state index contributed by atoms with van der Waals surface area (Å²) in [4.78, 5) is 22.1. The van der Waals surface area contributed by atoms with Gasteiger partial charge in [-0.1, -0.05) is 11.6 Å². The lowest BCUT2D eigenvalue weighted by atomic mass is 10.0.